The molecule has 0 bridgehead atoms. The molecule has 5 nitrogen and oxygen atoms in total. The van der Waals surface area contributed by atoms with Gasteiger partial charge in [0.2, 0.25) is 0 Å². The molecule has 2 aromatic rings. The van der Waals surface area contributed by atoms with Crippen LogP contribution in [-0.4, -0.2) is 35.9 Å². The molecule has 1 N–H and O–H groups in total. The summed E-state index contributed by atoms with van der Waals surface area (Å²) in [6.45, 7) is 3.60. The second-order valence-corrected chi connectivity index (χ2v) is 5.96. The van der Waals surface area contributed by atoms with Crippen molar-refractivity contribution in [1.29, 1.82) is 0 Å². The number of hydrogen-bond acceptors (Lipinski definition) is 3. The molecule has 0 saturated carbocycles. The SMILES string of the molecule is COC(=O)c1[nH]c(C)c(CN(C)C(=O)c2cccc(C(F)(F)F)c2)c1C. The van der Waals surface area contributed by atoms with E-state index in [0.29, 0.717) is 22.5 Å². The minimum absolute atomic E-state index is 0.0543. The van der Waals surface area contributed by atoms with Gasteiger partial charge in [-0.3, -0.25) is 4.79 Å². The molecule has 8 heteroatoms. The number of amides is 1. The van der Waals surface area contributed by atoms with Gasteiger partial charge in [-0.2, -0.15) is 13.2 Å². The third-order valence-electron chi connectivity index (χ3n) is 4.16. The Morgan fingerprint density at radius 3 is 2.46 bits per heavy atom. The van der Waals surface area contributed by atoms with E-state index in [4.69, 9.17) is 4.74 Å². The highest BCUT2D eigenvalue weighted by atomic mass is 19.4. The Kier molecular flexibility index (Phi) is 5.44. The minimum Gasteiger partial charge on any atom is -0.464 e. The standard InChI is InChI=1S/C18H19F3N2O3/c1-10-14(11(2)22-15(10)17(25)26-4)9-23(3)16(24)12-6-5-7-13(8-12)18(19,20)21/h5-8,22H,9H2,1-4H3. The van der Waals surface area contributed by atoms with Crippen molar-refractivity contribution in [2.75, 3.05) is 14.2 Å². The van der Waals surface area contributed by atoms with Gasteiger partial charge in [0.25, 0.3) is 5.91 Å². The number of halogens is 3. The summed E-state index contributed by atoms with van der Waals surface area (Å²) >= 11 is 0. The summed E-state index contributed by atoms with van der Waals surface area (Å²) < 4.78 is 43.2. The molecule has 0 radical (unpaired) electrons. The Balaban J connectivity index is 2.26. The highest BCUT2D eigenvalue weighted by Crippen LogP contribution is 2.30. The van der Waals surface area contributed by atoms with Gasteiger partial charge in [0.1, 0.15) is 5.69 Å². The van der Waals surface area contributed by atoms with Crippen molar-refractivity contribution in [3.05, 3.63) is 57.9 Å². The maximum atomic E-state index is 12.8. The van der Waals surface area contributed by atoms with Gasteiger partial charge in [-0.1, -0.05) is 6.07 Å². The molecule has 1 aromatic carbocycles. The van der Waals surface area contributed by atoms with Crippen LogP contribution < -0.4 is 0 Å². The van der Waals surface area contributed by atoms with E-state index < -0.39 is 23.6 Å². The summed E-state index contributed by atoms with van der Waals surface area (Å²) in [5.41, 5.74) is 1.40. The lowest BCUT2D eigenvalue weighted by Crippen LogP contribution is -2.27. The first-order valence-electron chi connectivity index (χ1n) is 7.75. The molecule has 0 aliphatic rings. The van der Waals surface area contributed by atoms with E-state index >= 15 is 0 Å². The number of benzene rings is 1. The van der Waals surface area contributed by atoms with E-state index in [9.17, 15) is 22.8 Å². The Morgan fingerprint density at radius 2 is 1.88 bits per heavy atom. The number of ether oxygens (including phenoxy) is 1. The molecular formula is C18H19F3N2O3. The Labute approximate surface area is 148 Å². The number of aromatic amines is 1. The van der Waals surface area contributed by atoms with Crippen molar-refractivity contribution in [1.82, 2.24) is 9.88 Å². The zero-order valence-corrected chi connectivity index (χ0v) is 14.8. The van der Waals surface area contributed by atoms with E-state index in [1.165, 1.54) is 31.2 Å². The second-order valence-electron chi connectivity index (χ2n) is 5.96. The number of carbonyl (C=O) groups is 2. The molecule has 0 unspecified atom stereocenters. The molecule has 0 aliphatic carbocycles. The van der Waals surface area contributed by atoms with Crippen molar-refractivity contribution < 1.29 is 27.5 Å². The van der Waals surface area contributed by atoms with Gasteiger partial charge < -0.3 is 14.6 Å². The summed E-state index contributed by atoms with van der Waals surface area (Å²) in [7, 11) is 2.76. The number of rotatable bonds is 4. The van der Waals surface area contributed by atoms with Crippen molar-refractivity contribution >= 4 is 11.9 Å². The number of alkyl halides is 3. The topological polar surface area (TPSA) is 62.4 Å². The maximum absolute atomic E-state index is 12.8. The number of H-pyrrole nitrogens is 1. The zero-order valence-electron chi connectivity index (χ0n) is 14.8. The van der Waals surface area contributed by atoms with Gasteiger partial charge in [-0.05, 0) is 43.2 Å². The first-order chi connectivity index (χ1) is 12.1. The molecule has 0 atom stereocenters. The predicted molar refractivity (Wildman–Crippen MR) is 88.8 cm³/mol. The number of nitrogens with zero attached hydrogens (tertiary/aromatic N) is 1. The Hall–Kier alpha value is -2.77. The van der Waals surface area contributed by atoms with Gasteiger partial charge in [-0.15, -0.1) is 0 Å². The second kappa shape index (κ2) is 7.23. The van der Waals surface area contributed by atoms with E-state index in [2.05, 4.69) is 4.98 Å². The number of methoxy groups -OCH3 is 1. The van der Waals surface area contributed by atoms with Crippen molar-refractivity contribution in [2.24, 2.45) is 0 Å². The largest absolute Gasteiger partial charge is 0.464 e. The van der Waals surface area contributed by atoms with Crippen LogP contribution in [0, 0.1) is 13.8 Å². The Bertz CT molecular complexity index is 841. The minimum atomic E-state index is -4.52. The summed E-state index contributed by atoms with van der Waals surface area (Å²) in [5, 5.41) is 0. The number of nitrogens with one attached hydrogen (secondary N) is 1. The predicted octanol–water partition coefficient (Wildman–Crippen LogP) is 3.71. The third-order valence-corrected chi connectivity index (χ3v) is 4.16. The van der Waals surface area contributed by atoms with Crippen LogP contribution >= 0.6 is 0 Å². The van der Waals surface area contributed by atoms with Crippen molar-refractivity contribution in [2.45, 2.75) is 26.6 Å². The van der Waals surface area contributed by atoms with Gasteiger partial charge in [0, 0.05) is 24.8 Å². The fraction of sp³-hybridized carbons (Fsp3) is 0.333. The molecule has 26 heavy (non-hydrogen) atoms. The molecule has 1 heterocycles. The van der Waals surface area contributed by atoms with Crippen LogP contribution in [0.1, 0.15) is 43.2 Å². The maximum Gasteiger partial charge on any atom is 0.416 e. The van der Waals surface area contributed by atoms with Gasteiger partial charge in [0.05, 0.1) is 12.7 Å². The molecule has 1 aromatic heterocycles. The van der Waals surface area contributed by atoms with Crippen LogP contribution in [0.5, 0.6) is 0 Å². The highest BCUT2D eigenvalue weighted by molar-refractivity contribution is 5.94. The smallest absolute Gasteiger partial charge is 0.416 e. The van der Waals surface area contributed by atoms with E-state index in [0.717, 1.165) is 12.1 Å². The van der Waals surface area contributed by atoms with E-state index in [1.807, 2.05) is 0 Å². The summed E-state index contributed by atoms with van der Waals surface area (Å²) in [4.78, 5) is 28.5. The third kappa shape index (κ3) is 3.89. The normalized spacial score (nSPS) is 11.3. The van der Waals surface area contributed by atoms with Crippen molar-refractivity contribution in [3.8, 4) is 0 Å². The number of carbonyl (C=O) groups excluding carboxylic acids is 2. The highest BCUT2D eigenvalue weighted by Gasteiger charge is 2.31. The van der Waals surface area contributed by atoms with E-state index in [1.54, 1.807) is 13.8 Å². The monoisotopic (exact) mass is 368 g/mol. The number of esters is 1. The summed E-state index contributed by atoms with van der Waals surface area (Å²) in [6, 6.07) is 4.28. The van der Waals surface area contributed by atoms with Crippen LogP contribution in [0.3, 0.4) is 0 Å². The summed E-state index contributed by atoms with van der Waals surface area (Å²) in [6.07, 6.45) is -4.52. The van der Waals surface area contributed by atoms with Crippen LogP contribution in [0.15, 0.2) is 24.3 Å². The quantitative estimate of drug-likeness (QED) is 0.837. The lowest BCUT2D eigenvalue weighted by atomic mass is 10.1. The molecule has 0 saturated heterocycles. The Morgan fingerprint density at radius 1 is 1.23 bits per heavy atom. The molecule has 0 aliphatic heterocycles. The van der Waals surface area contributed by atoms with Crippen LogP contribution in [0.25, 0.3) is 0 Å². The molecule has 2 rings (SSSR count). The number of aromatic nitrogens is 1. The van der Waals surface area contributed by atoms with E-state index in [-0.39, 0.29) is 12.1 Å². The molecule has 0 fully saturated rings. The summed E-state index contributed by atoms with van der Waals surface area (Å²) in [5.74, 6) is -1.07. The molecule has 0 spiro atoms. The lowest BCUT2D eigenvalue weighted by Gasteiger charge is -2.18. The van der Waals surface area contributed by atoms with Crippen LogP contribution in [-0.2, 0) is 17.5 Å². The number of hydrogen-bond donors (Lipinski definition) is 1. The van der Waals surface area contributed by atoms with Gasteiger partial charge in [0.15, 0.2) is 0 Å². The first-order valence-corrected chi connectivity index (χ1v) is 7.75. The molecular weight excluding hydrogens is 349 g/mol. The van der Waals surface area contributed by atoms with Crippen molar-refractivity contribution in [3.63, 3.8) is 0 Å². The fourth-order valence-corrected chi connectivity index (χ4v) is 2.69. The first kappa shape index (κ1) is 19.6. The average Bonchev–Trinajstić information content (AvgIpc) is 2.87. The number of aryl methyl sites for hydroxylation is 1. The van der Waals surface area contributed by atoms with Gasteiger partial charge in [-0.25, -0.2) is 4.79 Å². The van der Waals surface area contributed by atoms with Gasteiger partial charge >= 0.3 is 12.1 Å². The molecule has 140 valence electrons. The van der Waals surface area contributed by atoms with Crippen LogP contribution in [0.4, 0.5) is 13.2 Å². The molecule has 1 amide bonds. The van der Waals surface area contributed by atoms with Crippen LogP contribution in [0.2, 0.25) is 0 Å². The zero-order chi connectivity index (χ0) is 19.6. The fourth-order valence-electron chi connectivity index (χ4n) is 2.69. The average molecular weight is 368 g/mol. The lowest BCUT2D eigenvalue weighted by molar-refractivity contribution is -0.137.